The number of nitrogens with zero attached hydrogens (tertiary/aromatic N) is 2. The van der Waals surface area contributed by atoms with E-state index in [0.717, 1.165) is 11.3 Å². The summed E-state index contributed by atoms with van der Waals surface area (Å²) in [6.07, 6.45) is 0.964. The van der Waals surface area contributed by atoms with Crippen molar-refractivity contribution in [2.45, 2.75) is 30.7 Å². The predicted octanol–water partition coefficient (Wildman–Crippen LogP) is 1.89. The van der Waals surface area contributed by atoms with Crippen LogP contribution in [0.25, 0.3) is 0 Å². The fourth-order valence-electron chi connectivity index (χ4n) is 2.32. The number of rotatable bonds is 2. The van der Waals surface area contributed by atoms with Gasteiger partial charge in [0.15, 0.2) is 9.84 Å². The van der Waals surface area contributed by atoms with E-state index in [1.54, 1.807) is 6.07 Å². The monoisotopic (exact) mass is 264 g/mol. The molecule has 1 aliphatic rings. The van der Waals surface area contributed by atoms with Gasteiger partial charge in [-0.3, -0.25) is 0 Å². The van der Waals surface area contributed by atoms with Crippen LogP contribution in [0.1, 0.15) is 18.4 Å². The molecule has 0 aliphatic carbocycles. The number of anilines is 1. The van der Waals surface area contributed by atoms with Crippen molar-refractivity contribution in [2.75, 3.05) is 17.7 Å². The van der Waals surface area contributed by atoms with Crippen molar-refractivity contribution in [3.63, 3.8) is 0 Å². The molecule has 0 radical (unpaired) electrons. The molecule has 5 heteroatoms. The van der Waals surface area contributed by atoms with Crippen LogP contribution >= 0.6 is 0 Å². The van der Waals surface area contributed by atoms with Crippen LogP contribution in [0.15, 0.2) is 23.1 Å². The van der Waals surface area contributed by atoms with E-state index in [1.807, 2.05) is 31.0 Å². The van der Waals surface area contributed by atoms with E-state index < -0.39 is 9.84 Å². The predicted molar refractivity (Wildman–Crippen MR) is 70.3 cm³/mol. The Bertz CT molecular complexity index is 602. The van der Waals surface area contributed by atoms with Gasteiger partial charge in [0, 0.05) is 19.5 Å². The number of benzene rings is 1. The fraction of sp³-hybridized carbons (Fsp3) is 0.462. The van der Waals surface area contributed by atoms with Gasteiger partial charge in [0.1, 0.15) is 0 Å². The molecule has 4 nitrogen and oxygen atoms in total. The van der Waals surface area contributed by atoms with Crippen molar-refractivity contribution in [1.82, 2.24) is 0 Å². The highest BCUT2D eigenvalue weighted by atomic mass is 32.2. The van der Waals surface area contributed by atoms with Crippen LogP contribution in [0.5, 0.6) is 0 Å². The van der Waals surface area contributed by atoms with Crippen LogP contribution in [0.2, 0.25) is 0 Å². The van der Waals surface area contributed by atoms with Gasteiger partial charge in [-0.1, -0.05) is 6.07 Å². The molecule has 0 aromatic heterocycles. The summed E-state index contributed by atoms with van der Waals surface area (Å²) in [6.45, 7) is 1.89. The molecule has 0 amide bonds. The zero-order chi connectivity index (χ0) is 13.3. The lowest BCUT2D eigenvalue weighted by atomic mass is 10.1. The van der Waals surface area contributed by atoms with E-state index in [0.29, 0.717) is 17.7 Å². The Morgan fingerprint density at radius 1 is 1.50 bits per heavy atom. The summed E-state index contributed by atoms with van der Waals surface area (Å²) in [6, 6.07) is 7.45. The first-order chi connectivity index (χ1) is 8.45. The van der Waals surface area contributed by atoms with Gasteiger partial charge in [-0.25, -0.2) is 8.42 Å². The minimum Gasteiger partial charge on any atom is -0.369 e. The highest BCUT2D eigenvalue weighted by Gasteiger charge is 2.33. The second kappa shape index (κ2) is 4.62. The van der Waals surface area contributed by atoms with E-state index in [4.69, 9.17) is 5.26 Å². The second-order valence-electron chi connectivity index (χ2n) is 4.71. The third-order valence-electron chi connectivity index (χ3n) is 3.38. The number of nitriles is 1. The first-order valence-electron chi connectivity index (χ1n) is 5.89. The molecular formula is C13H16N2O2S. The molecule has 1 aromatic rings. The van der Waals surface area contributed by atoms with Crippen LogP contribution < -0.4 is 4.90 Å². The number of aryl methyl sites for hydroxylation is 1. The lowest BCUT2D eigenvalue weighted by Gasteiger charge is -2.35. The molecule has 18 heavy (non-hydrogen) atoms. The molecule has 0 fully saturated rings. The van der Waals surface area contributed by atoms with Crippen molar-refractivity contribution in [3.05, 3.63) is 23.8 Å². The third-order valence-corrected chi connectivity index (χ3v) is 5.20. The van der Waals surface area contributed by atoms with Gasteiger partial charge in [0.25, 0.3) is 0 Å². The summed E-state index contributed by atoms with van der Waals surface area (Å²) in [5.41, 5.74) is 1.69. The summed E-state index contributed by atoms with van der Waals surface area (Å²) < 4.78 is 24.5. The lowest BCUT2D eigenvalue weighted by molar-refractivity contribution is 0.560. The van der Waals surface area contributed by atoms with E-state index >= 15 is 0 Å². The van der Waals surface area contributed by atoms with Crippen molar-refractivity contribution in [3.8, 4) is 6.07 Å². The van der Waals surface area contributed by atoms with E-state index in [2.05, 4.69) is 6.07 Å². The van der Waals surface area contributed by atoms with Crippen molar-refractivity contribution in [1.29, 1.82) is 5.26 Å². The number of hydrogen-bond acceptors (Lipinski definition) is 4. The molecule has 1 unspecified atom stereocenters. The van der Waals surface area contributed by atoms with Gasteiger partial charge in [-0.2, -0.15) is 5.26 Å². The smallest absolute Gasteiger partial charge is 0.182 e. The highest BCUT2D eigenvalue weighted by molar-refractivity contribution is 7.91. The summed E-state index contributed by atoms with van der Waals surface area (Å²) in [5.74, 6) is 0.0988. The lowest BCUT2D eigenvalue weighted by Crippen LogP contribution is -2.42. The third kappa shape index (κ3) is 2.21. The van der Waals surface area contributed by atoms with Gasteiger partial charge in [-0.05, 0) is 31.0 Å². The minimum absolute atomic E-state index is 0.0988. The Morgan fingerprint density at radius 3 is 2.89 bits per heavy atom. The summed E-state index contributed by atoms with van der Waals surface area (Å²) in [5, 5.41) is 8.63. The topological polar surface area (TPSA) is 61.2 Å². The van der Waals surface area contributed by atoms with Gasteiger partial charge in [-0.15, -0.1) is 0 Å². The quantitative estimate of drug-likeness (QED) is 0.818. The molecule has 1 heterocycles. The summed E-state index contributed by atoms with van der Waals surface area (Å²) in [7, 11) is -1.33. The average Bonchev–Trinajstić information content (AvgIpc) is 2.32. The SMILES string of the molecule is Cc1ccc2c(c1)S(=O)(=O)CC(CCC#N)N2C. The molecule has 0 saturated heterocycles. The molecule has 0 spiro atoms. The average molecular weight is 264 g/mol. The standard InChI is InChI=1S/C13H16N2O2S/c1-10-5-6-12-13(8-10)18(16,17)9-11(15(12)2)4-3-7-14/h5-6,8,11H,3-4,9H2,1-2H3. The zero-order valence-electron chi connectivity index (χ0n) is 10.5. The Morgan fingerprint density at radius 2 is 2.22 bits per heavy atom. The Hall–Kier alpha value is -1.54. The molecule has 1 aromatic carbocycles. The Labute approximate surface area is 108 Å². The molecule has 1 aliphatic heterocycles. The van der Waals surface area contributed by atoms with Crippen molar-refractivity contribution >= 4 is 15.5 Å². The first kappa shape index (κ1) is 12.9. The molecule has 1 atom stereocenters. The maximum absolute atomic E-state index is 12.2. The second-order valence-corrected chi connectivity index (χ2v) is 6.72. The van der Waals surface area contributed by atoms with Crippen LogP contribution in [0.4, 0.5) is 5.69 Å². The van der Waals surface area contributed by atoms with Crippen LogP contribution in [-0.2, 0) is 9.84 Å². The largest absolute Gasteiger partial charge is 0.369 e. The van der Waals surface area contributed by atoms with Crippen molar-refractivity contribution < 1.29 is 8.42 Å². The van der Waals surface area contributed by atoms with E-state index in [9.17, 15) is 8.42 Å². The Kier molecular flexibility index (Phi) is 3.31. The number of sulfone groups is 1. The molecule has 0 N–H and O–H groups in total. The molecule has 2 rings (SSSR count). The molecular weight excluding hydrogens is 248 g/mol. The van der Waals surface area contributed by atoms with E-state index in [-0.39, 0.29) is 11.8 Å². The fourth-order valence-corrected chi connectivity index (χ4v) is 4.29. The van der Waals surface area contributed by atoms with Crippen molar-refractivity contribution in [2.24, 2.45) is 0 Å². The maximum Gasteiger partial charge on any atom is 0.182 e. The zero-order valence-corrected chi connectivity index (χ0v) is 11.4. The van der Waals surface area contributed by atoms with Crippen LogP contribution in [0, 0.1) is 18.3 Å². The van der Waals surface area contributed by atoms with Gasteiger partial charge in [0.05, 0.1) is 22.4 Å². The first-order valence-corrected chi connectivity index (χ1v) is 7.54. The van der Waals surface area contributed by atoms with Gasteiger partial charge < -0.3 is 4.90 Å². The van der Waals surface area contributed by atoms with Crippen LogP contribution in [0.3, 0.4) is 0 Å². The summed E-state index contributed by atoms with van der Waals surface area (Å²) in [4.78, 5) is 2.39. The molecule has 96 valence electrons. The normalized spacial score (nSPS) is 21.2. The summed E-state index contributed by atoms with van der Waals surface area (Å²) >= 11 is 0. The van der Waals surface area contributed by atoms with Crippen LogP contribution in [-0.4, -0.2) is 27.3 Å². The Balaban J connectivity index is 2.45. The molecule has 0 bridgehead atoms. The number of fused-ring (bicyclic) bond motifs is 1. The maximum atomic E-state index is 12.2. The number of hydrogen-bond donors (Lipinski definition) is 0. The highest BCUT2D eigenvalue weighted by Crippen LogP contribution is 2.34. The minimum atomic E-state index is -3.23. The van der Waals surface area contributed by atoms with E-state index in [1.165, 1.54) is 0 Å². The van der Waals surface area contributed by atoms with Gasteiger partial charge in [0.2, 0.25) is 0 Å². The van der Waals surface area contributed by atoms with Gasteiger partial charge >= 0.3 is 0 Å². The molecule has 0 saturated carbocycles.